The predicted octanol–water partition coefficient (Wildman–Crippen LogP) is 3.38. The molecule has 0 atom stereocenters. The summed E-state index contributed by atoms with van der Waals surface area (Å²) in [6, 6.07) is 9.87. The van der Waals surface area contributed by atoms with Crippen LogP contribution in [0.2, 0.25) is 0 Å². The second-order valence-corrected chi connectivity index (χ2v) is 6.86. The molecule has 0 spiro atoms. The van der Waals surface area contributed by atoms with Gasteiger partial charge in [-0.3, -0.25) is 4.79 Å². The van der Waals surface area contributed by atoms with Crippen molar-refractivity contribution in [2.45, 2.75) is 25.7 Å². The van der Waals surface area contributed by atoms with Crippen molar-refractivity contribution in [1.29, 1.82) is 0 Å². The molecule has 3 N–H and O–H groups in total. The van der Waals surface area contributed by atoms with E-state index in [1.165, 1.54) is 11.1 Å². The monoisotopic (exact) mass is 348 g/mol. The number of anilines is 2. The number of para-hydroxylation sites is 1. The molecule has 4 rings (SSSR count). The molecular formula is C21H24N4O. The maximum Gasteiger partial charge on any atom is 0.238 e. The molecule has 1 saturated heterocycles. The first-order valence-electron chi connectivity index (χ1n) is 9.27. The molecule has 5 nitrogen and oxygen atoms in total. The molecule has 0 saturated carbocycles. The number of nitrogens with zero attached hydrogens (tertiary/aromatic N) is 2. The smallest absolute Gasteiger partial charge is 0.238 e. The molecule has 1 aliphatic heterocycles. The van der Waals surface area contributed by atoms with Gasteiger partial charge in [-0.1, -0.05) is 30.4 Å². The van der Waals surface area contributed by atoms with Crippen molar-refractivity contribution in [3.63, 3.8) is 0 Å². The van der Waals surface area contributed by atoms with Crippen LogP contribution < -0.4 is 16.0 Å². The fourth-order valence-corrected chi connectivity index (χ4v) is 3.77. The van der Waals surface area contributed by atoms with Gasteiger partial charge in [-0.05, 0) is 42.9 Å². The Morgan fingerprint density at radius 1 is 1.19 bits per heavy atom. The maximum absolute atomic E-state index is 11.9. The third-order valence-electron chi connectivity index (χ3n) is 5.08. The van der Waals surface area contributed by atoms with Crippen LogP contribution in [0.3, 0.4) is 0 Å². The SMILES string of the molecule is NCC(=O)Nc1cc(N2CCCC3=CCCC=C3C2)nc2ccccc12. The summed E-state index contributed by atoms with van der Waals surface area (Å²) in [4.78, 5) is 19.1. The number of rotatable bonds is 3. The minimum atomic E-state index is -0.191. The minimum absolute atomic E-state index is 0.0310. The minimum Gasteiger partial charge on any atom is -0.352 e. The lowest BCUT2D eigenvalue weighted by atomic mass is 9.95. The van der Waals surface area contributed by atoms with Gasteiger partial charge >= 0.3 is 0 Å². The number of aromatic nitrogens is 1. The lowest BCUT2D eigenvalue weighted by molar-refractivity contribution is -0.114. The molecular weight excluding hydrogens is 324 g/mol. The lowest BCUT2D eigenvalue weighted by Crippen LogP contribution is -2.27. The number of nitrogens with one attached hydrogen (secondary N) is 1. The molecule has 0 radical (unpaired) electrons. The number of nitrogens with two attached hydrogens (primary N) is 1. The summed E-state index contributed by atoms with van der Waals surface area (Å²) >= 11 is 0. The second kappa shape index (κ2) is 7.30. The van der Waals surface area contributed by atoms with Gasteiger partial charge in [0.05, 0.1) is 17.7 Å². The van der Waals surface area contributed by atoms with Gasteiger partial charge in [0.1, 0.15) is 5.82 Å². The zero-order valence-corrected chi connectivity index (χ0v) is 14.9. The summed E-state index contributed by atoms with van der Waals surface area (Å²) in [7, 11) is 0. The number of hydrogen-bond donors (Lipinski definition) is 2. The summed E-state index contributed by atoms with van der Waals surface area (Å²) in [5.41, 5.74) is 10.1. The van der Waals surface area contributed by atoms with Crippen molar-refractivity contribution >= 4 is 28.3 Å². The number of allylic oxidation sites excluding steroid dienone is 2. The van der Waals surface area contributed by atoms with Crippen LogP contribution in [-0.2, 0) is 4.79 Å². The number of fused-ring (bicyclic) bond motifs is 2. The Kier molecular flexibility index (Phi) is 4.71. The maximum atomic E-state index is 11.9. The number of pyridine rings is 1. The van der Waals surface area contributed by atoms with Crippen molar-refractivity contribution in [2.24, 2.45) is 5.73 Å². The largest absolute Gasteiger partial charge is 0.352 e. The molecule has 26 heavy (non-hydrogen) atoms. The van der Waals surface area contributed by atoms with Crippen LogP contribution in [0, 0.1) is 0 Å². The van der Waals surface area contributed by atoms with Crippen LogP contribution in [0.25, 0.3) is 10.9 Å². The molecule has 1 fully saturated rings. The number of benzene rings is 1. The fourth-order valence-electron chi connectivity index (χ4n) is 3.77. The van der Waals surface area contributed by atoms with Crippen molar-refractivity contribution < 1.29 is 4.79 Å². The Morgan fingerprint density at radius 2 is 2.00 bits per heavy atom. The highest BCUT2D eigenvalue weighted by atomic mass is 16.1. The zero-order chi connectivity index (χ0) is 17.9. The molecule has 0 unspecified atom stereocenters. The summed E-state index contributed by atoms with van der Waals surface area (Å²) < 4.78 is 0. The van der Waals surface area contributed by atoms with E-state index in [0.717, 1.165) is 61.2 Å². The van der Waals surface area contributed by atoms with Gasteiger partial charge in [-0.15, -0.1) is 0 Å². The zero-order valence-electron chi connectivity index (χ0n) is 14.9. The number of carbonyl (C=O) groups excluding carboxylic acids is 1. The van der Waals surface area contributed by atoms with Crippen LogP contribution in [0.15, 0.2) is 53.6 Å². The van der Waals surface area contributed by atoms with E-state index in [1.807, 2.05) is 30.3 Å². The Hall–Kier alpha value is -2.66. The van der Waals surface area contributed by atoms with Crippen LogP contribution in [0.5, 0.6) is 0 Å². The molecule has 0 bridgehead atoms. The fraction of sp³-hybridized carbons (Fsp3) is 0.333. The molecule has 2 aromatic rings. The van der Waals surface area contributed by atoms with Gasteiger partial charge in [-0.25, -0.2) is 4.98 Å². The first-order chi connectivity index (χ1) is 12.7. The van der Waals surface area contributed by atoms with Gasteiger partial charge in [0.25, 0.3) is 0 Å². The average molecular weight is 348 g/mol. The van der Waals surface area contributed by atoms with Crippen molar-refractivity contribution in [1.82, 2.24) is 4.98 Å². The molecule has 2 heterocycles. The standard InChI is InChI=1S/C21H24N4O/c22-13-21(26)24-19-12-20(23-18-10-4-3-9-17(18)19)25-11-5-8-15-6-1-2-7-16(15)14-25/h3-4,6-7,9-10,12H,1-2,5,8,11,13-14,22H2,(H,23,24,26). The van der Waals surface area contributed by atoms with Gasteiger partial charge in [0.2, 0.25) is 5.91 Å². The second-order valence-electron chi connectivity index (χ2n) is 6.86. The Bertz CT molecular complexity index is 900. The highest BCUT2D eigenvalue weighted by Gasteiger charge is 2.20. The summed E-state index contributed by atoms with van der Waals surface area (Å²) in [5.74, 6) is 0.715. The van der Waals surface area contributed by atoms with E-state index in [9.17, 15) is 4.79 Å². The topological polar surface area (TPSA) is 71.2 Å². The molecule has 1 amide bonds. The van der Waals surface area contributed by atoms with Crippen molar-refractivity contribution in [2.75, 3.05) is 29.9 Å². The summed E-state index contributed by atoms with van der Waals surface area (Å²) in [6.07, 6.45) is 9.28. The highest BCUT2D eigenvalue weighted by Crippen LogP contribution is 2.32. The first kappa shape index (κ1) is 16.8. The molecule has 2 aliphatic rings. The Morgan fingerprint density at radius 3 is 2.85 bits per heavy atom. The van der Waals surface area contributed by atoms with Crippen LogP contribution in [0.1, 0.15) is 25.7 Å². The number of hydrogen-bond acceptors (Lipinski definition) is 4. The van der Waals surface area contributed by atoms with Gasteiger partial charge in [0.15, 0.2) is 0 Å². The predicted molar refractivity (Wildman–Crippen MR) is 106 cm³/mol. The molecule has 134 valence electrons. The molecule has 1 aliphatic carbocycles. The number of carbonyl (C=O) groups is 1. The normalized spacial score (nSPS) is 17.2. The summed E-state index contributed by atoms with van der Waals surface area (Å²) in [5, 5.41) is 3.86. The Labute approximate surface area is 153 Å². The van der Waals surface area contributed by atoms with Crippen molar-refractivity contribution in [3.8, 4) is 0 Å². The highest BCUT2D eigenvalue weighted by molar-refractivity contribution is 6.02. The first-order valence-corrected chi connectivity index (χ1v) is 9.27. The summed E-state index contributed by atoms with van der Waals surface area (Å²) in [6.45, 7) is 1.81. The van der Waals surface area contributed by atoms with Crippen LogP contribution in [0.4, 0.5) is 11.5 Å². The Balaban J connectivity index is 1.72. The quantitative estimate of drug-likeness (QED) is 0.892. The van der Waals surface area contributed by atoms with Gasteiger partial charge < -0.3 is 16.0 Å². The van der Waals surface area contributed by atoms with E-state index in [1.54, 1.807) is 0 Å². The lowest BCUT2D eigenvalue weighted by Gasteiger charge is -2.24. The van der Waals surface area contributed by atoms with E-state index in [0.29, 0.717) is 0 Å². The van der Waals surface area contributed by atoms with Gasteiger partial charge in [0, 0.05) is 24.5 Å². The van der Waals surface area contributed by atoms with Crippen LogP contribution in [-0.4, -0.2) is 30.5 Å². The molecule has 1 aromatic carbocycles. The average Bonchev–Trinajstić information content (AvgIpc) is 2.90. The van der Waals surface area contributed by atoms with Crippen LogP contribution >= 0.6 is 0 Å². The van der Waals surface area contributed by atoms with E-state index in [4.69, 9.17) is 10.7 Å². The van der Waals surface area contributed by atoms with E-state index < -0.39 is 0 Å². The molecule has 5 heteroatoms. The number of amides is 1. The van der Waals surface area contributed by atoms with E-state index >= 15 is 0 Å². The third-order valence-corrected chi connectivity index (χ3v) is 5.08. The molecule has 1 aromatic heterocycles. The third kappa shape index (κ3) is 3.35. The van der Waals surface area contributed by atoms with E-state index in [2.05, 4.69) is 22.4 Å². The van der Waals surface area contributed by atoms with Crippen molar-refractivity contribution in [3.05, 3.63) is 53.6 Å². The van der Waals surface area contributed by atoms with E-state index in [-0.39, 0.29) is 12.5 Å². The van der Waals surface area contributed by atoms with Gasteiger partial charge in [-0.2, -0.15) is 0 Å².